The van der Waals surface area contributed by atoms with E-state index in [-0.39, 0.29) is 5.95 Å². The summed E-state index contributed by atoms with van der Waals surface area (Å²) in [6.07, 6.45) is 8.95. The highest BCUT2D eigenvalue weighted by atomic mass is 16.5. The molecule has 0 saturated carbocycles. The summed E-state index contributed by atoms with van der Waals surface area (Å²) in [6, 6.07) is 0. The highest BCUT2D eigenvalue weighted by Gasteiger charge is 2.09. The first-order valence-electron chi connectivity index (χ1n) is 6.90. The Labute approximate surface area is 112 Å². The molecule has 0 aromatic carbocycles. The zero-order valence-electron chi connectivity index (χ0n) is 11.4. The van der Waals surface area contributed by atoms with Crippen molar-refractivity contribution in [3.05, 3.63) is 6.33 Å². The predicted molar refractivity (Wildman–Crippen MR) is 75.0 cm³/mol. The normalized spacial score (nSPS) is 11.0. The number of H-pyrrole nitrogens is 1. The number of aromatic amines is 1. The molecule has 0 saturated heterocycles. The molecule has 2 rings (SSSR count). The third-order valence-corrected chi connectivity index (χ3v) is 3.01. The van der Waals surface area contributed by atoms with E-state index in [4.69, 9.17) is 10.5 Å². The van der Waals surface area contributed by atoms with E-state index in [0.717, 1.165) is 6.42 Å². The molecule has 2 aromatic rings. The van der Waals surface area contributed by atoms with Gasteiger partial charge in [0.2, 0.25) is 11.8 Å². The van der Waals surface area contributed by atoms with Crippen molar-refractivity contribution in [3.63, 3.8) is 0 Å². The standard InChI is InChI=1S/C13H21N5O/c1-2-3-4-5-6-7-8-19-12-10-11(16-9-15-10)17-13(14)18-12/h9H,2-8H2,1H3,(H3,14,15,16,17,18). The van der Waals surface area contributed by atoms with E-state index in [1.54, 1.807) is 6.33 Å². The van der Waals surface area contributed by atoms with Crippen molar-refractivity contribution in [1.29, 1.82) is 0 Å². The Balaban J connectivity index is 1.79. The number of anilines is 1. The van der Waals surface area contributed by atoms with Crippen molar-refractivity contribution in [2.24, 2.45) is 0 Å². The van der Waals surface area contributed by atoms with E-state index in [0.29, 0.717) is 23.7 Å². The van der Waals surface area contributed by atoms with Crippen molar-refractivity contribution in [1.82, 2.24) is 19.9 Å². The topological polar surface area (TPSA) is 89.7 Å². The molecule has 104 valence electrons. The van der Waals surface area contributed by atoms with E-state index < -0.39 is 0 Å². The fraction of sp³-hybridized carbons (Fsp3) is 0.615. The second-order valence-corrected chi connectivity index (χ2v) is 4.60. The van der Waals surface area contributed by atoms with E-state index >= 15 is 0 Å². The number of aromatic nitrogens is 4. The summed E-state index contributed by atoms with van der Waals surface area (Å²) in [4.78, 5) is 15.1. The van der Waals surface area contributed by atoms with Gasteiger partial charge in [0, 0.05) is 0 Å². The largest absolute Gasteiger partial charge is 0.476 e. The number of hydrogen-bond donors (Lipinski definition) is 2. The second-order valence-electron chi connectivity index (χ2n) is 4.60. The summed E-state index contributed by atoms with van der Waals surface area (Å²) in [7, 11) is 0. The number of hydrogen-bond acceptors (Lipinski definition) is 5. The lowest BCUT2D eigenvalue weighted by Crippen LogP contribution is -2.03. The number of fused-ring (bicyclic) bond motifs is 1. The van der Waals surface area contributed by atoms with Gasteiger partial charge in [0.1, 0.15) is 5.52 Å². The average molecular weight is 263 g/mol. The van der Waals surface area contributed by atoms with Crippen LogP contribution in [0.4, 0.5) is 5.95 Å². The van der Waals surface area contributed by atoms with Gasteiger partial charge in [0.15, 0.2) is 5.65 Å². The Hall–Kier alpha value is -1.85. The average Bonchev–Trinajstić information content (AvgIpc) is 2.85. The minimum Gasteiger partial charge on any atom is -0.476 e. The van der Waals surface area contributed by atoms with Crippen LogP contribution in [0.15, 0.2) is 6.33 Å². The molecule has 2 heterocycles. The predicted octanol–water partition coefficient (Wildman–Crippen LogP) is 2.67. The van der Waals surface area contributed by atoms with E-state index in [9.17, 15) is 0 Å². The maximum Gasteiger partial charge on any atom is 0.245 e. The Kier molecular flexibility index (Phi) is 4.94. The molecule has 0 aliphatic carbocycles. The molecule has 0 radical (unpaired) electrons. The summed E-state index contributed by atoms with van der Waals surface area (Å²) in [6.45, 7) is 2.87. The van der Waals surface area contributed by atoms with Crippen LogP contribution < -0.4 is 10.5 Å². The van der Waals surface area contributed by atoms with Gasteiger partial charge in [0.05, 0.1) is 12.9 Å². The maximum absolute atomic E-state index is 5.66. The minimum atomic E-state index is 0.192. The smallest absolute Gasteiger partial charge is 0.245 e. The number of unbranched alkanes of at least 4 members (excludes halogenated alkanes) is 5. The zero-order chi connectivity index (χ0) is 13.5. The molecule has 0 aliphatic rings. The van der Waals surface area contributed by atoms with Gasteiger partial charge < -0.3 is 15.5 Å². The molecule has 0 amide bonds. The molecule has 0 atom stereocenters. The van der Waals surface area contributed by atoms with Gasteiger partial charge in [-0.2, -0.15) is 9.97 Å². The van der Waals surface area contributed by atoms with E-state index in [2.05, 4.69) is 26.9 Å². The molecule has 3 N–H and O–H groups in total. The van der Waals surface area contributed by atoms with Crippen LogP contribution in [0.2, 0.25) is 0 Å². The number of rotatable bonds is 8. The molecule has 2 aromatic heterocycles. The Morgan fingerprint density at radius 2 is 1.95 bits per heavy atom. The van der Waals surface area contributed by atoms with Gasteiger partial charge in [-0.1, -0.05) is 39.0 Å². The Morgan fingerprint density at radius 1 is 1.16 bits per heavy atom. The summed E-state index contributed by atoms with van der Waals surface area (Å²) in [5.41, 5.74) is 6.87. The van der Waals surface area contributed by atoms with Crippen LogP contribution in [0.5, 0.6) is 5.88 Å². The molecule has 0 aliphatic heterocycles. The van der Waals surface area contributed by atoms with Crippen LogP contribution in [-0.4, -0.2) is 26.5 Å². The van der Waals surface area contributed by atoms with Crippen LogP contribution in [0.3, 0.4) is 0 Å². The number of nitrogen functional groups attached to an aromatic ring is 1. The summed E-state index contributed by atoms with van der Waals surface area (Å²) >= 11 is 0. The lowest BCUT2D eigenvalue weighted by atomic mass is 10.1. The van der Waals surface area contributed by atoms with Crippen LogP contribution >= 0.6 is 0 Å². The van der Waals surface area contributed by atoms with Gasteiger partial charge in [-0.3, -0.25) is 0 Å². The fourth-order valence-corrected chi connectivity index (χ4v) is 1.98. The van der Waals surface area contributed by atoms with Crippen LogP contribution in [0.1, 0.15) is 45.4 Å². The number of nitrogens with zero attached hydrogens (tertiary/aromatic N) is 3. The van der Waals surface area contributed by atoms with Crippen molar-refractivity contribution >= 4 is 17.1 Å². The lowest BCUT2D eigenvalue weighted by Gasteiger charge is -2.06. The first-order chi connectivity index (χ1) is 9.31. The Morgan fingerprint density at radius 3 is 2.79 bits per heavy atom. The molecular formula is C13H21N5O. The quantitative estimate of drug-likeness (QED) is 0.715. The van der Waals surface area contributed by atoms with Crippen LogP contribution in [0.25, 0.3) is 11.2 Å². The summed E-state index contributed by atoms with van der Waals surface area (Å²) in [5, 5.41) is 0. The number of ether oxygens (including phenoxy) is 1. The van der Waals surface area contributed by atoms with E-state index in [1.165, 1.54) is 32.1 Å². The first-order valence-corrected chi connectivity index (χ1v) is 6.90. The molecule has 0 unspecified atom stereocenters. The number of nitrogens with two attached hydrogens (primary N) is 1. The molecule has 0 spiro atoms. The maximum atomic E-state index is 5.66. The third kappa shape index (κ3) is 3.81. The second kappa shape index (κ2) is 6.92. The highest BCUT2D eigenvalue weighted by molar-refractivity contribution is 5.76. The molecule has 6 nitrogen and oxygen atoms in total. The van der Waals surface area contributed by atoms with Crippen molar-refractivity contribution < 1.29 is 4.74 Å². The van der Waals surface area contributed by atoms with Crippen molar-refractivity contribution in [2.75, 3.05) is 12.3 Å². The molecule has 19 heavy (non-hydrogen) atoms. The van der Waals surface area contributed by atoms with Crippen molar-refractivity contribution in [2.45, 2.75) is 45.4 Å². The molecule has 6 heteroatoms. The summed E-state index contributed by atoms with van der Waals surface area (Å²) < 4.78 is 5.66. The minimum absolute atomic E-state index is 0.192. The van der Waals surface area contributed by atoms with Crippen LogP contribution in [0, 0.1) is 0 Å². The molecular weight excluding hydrogens is 242 g/mol. The highest BCUT2D eigenvalue weighted by Crippen LogP contribution is 2.19. The SMILES string of the molecule is CCCCCCCCOc1nc(N)nc2nc[nH]c12. The number of imidazole rings is 1. The summed E-state index contributed by atoms with van der Waals surface area (Å²) in [5.74, 6) is 0.686. The zero-order valence-corrected chi connectivity index (χ0v) is 11.4. The van der Waals surface area contributed by atoms with Crippen molar-refractivity contribution in [3.8, 4) is 5.88 Å². The van der Waals surface area contributed by atoms with Gasteiger partial charge in [-0.05, 0) is 6.42 Å². The third-order valence-electron chi connectivity index (χ3n) is 3.01. The lowest BCUT2D eigenvalue weighted by molar-refractivity contribution is 0.296. The monoisotopic (exact) mass is 263 g/mol. The van der Waals surface area contributed by atoms with Gasteiger partial charge in [0.25, 0.3) is 0 Å². The fourth-order valence-electron chi connectivity index (χ4n) is 1.98. The Bertz CT molecular complexity index is 511. The van der Waals surface area contributed by atoms with Gasteiger partial charge in [-0.15, -0.1) is 0 Å². The van der Waals surface area contributed by atoms with Gasteiger partial charge >= 0.3 is 0 Å². The van der Waals surface area contributed by atoms with Gasteiger partial charge in [-0.25, -0.2) is 4.98 Å². The first kappa shape index (κ1) is 13.6. The molecule has 0 bridgehead atoms. The molecule has 0 fully saturated rings. The van der Waals surface area contributed by atoms with E-state index in [1.807, 2.05) is 0 Å². The van der Waals surface area contributed by atoms with Crippen LogP contribution in [-0.2, 0) is 0 Å². The number of nitrogens with one attached hydrogen (secondary N) is 1.